The van der Waals surface area contributed by atoms with E-state index in [2.05, 4.69) is 10.2 Å². The van der Waals surface area contributed by atoms with Crippen LogP contribution in [0.2, 0.25) is 0 Å². The van der Waals surface area contributed by atoms with Crippen LogP contribution in [-0.4, -0.2) is 43.3 Å². The summed E-state index contributed by atoms with van der Waals surface area (Å²) in [5, 5.41) is 13.3. The molecule has 2 N–H and O–H groups in total. The minimum atomic E-state index is 0.216. The standard InChI is InChI=1S/C17H26N2O2/c1-21-16-10-14(4-5-15(16)20)11-19-9-3-7-17(13-19)6-2-8-18-12-17/h4-5,10,18,20H,2-3,6-9,11-13H2,1H3. The lowest BCUT2D eigenvalue weighted by Crippen LogP contribution is -2.50. The first-order valence-electron chi connectivity index (χ1n) is 8.00. The van der Waals surface area contributed by atoms with Gasteiger partial charge in [0.15, 0.2) is 11.5 Å². The highest BCUT2D eigenvalue weighted by molar-refractivity contribution is 5.41. The summed E-state index contributed by atoms with van der Waals surface area (Å²) in [5.74, 6) is 0.784. The van der Waals surface area contributed by atoms with Crippen LogP contribution in [0.15, 0.2) is 18.2 Å². The van der Waals surface area contributed by atoms with E-state index in [1.165, 1.54) is 57.4 Å². The number of rotatable bonds is 3. The van der Waals surface area contributed by atoms with Gasteiger partial charge in [0.1, 0.15) is 0 Å². The number of hydrogen-bond donors (Lipinski definition) is 2. The van der Waals surface area contributed by atoms with E-state index in [0.29, 0.717) is 11.2 Å². The molecule has 21 heavy (non-hydrogen) atoms. The van der Waals surface area contributed by atoms with Crippen molar-refractivity contribution in [3.05, 3.63) is 23.8 Å². The third-order valence-electron chi connectivity index (χ3n) is 4.95. The molecule has 2 aliphatic rings. The van der Waals surface area contributed by atoms with Crippen molar-refractivity contribution in [2.45, 2.75) is 32.2 Å². The number of nitrogens with zero attached hydrogens (tertiary/aromatic N) is 1. The molecule has 0 saturated carbocycles. The Balaban J connectivity index is 1.67. The number of phenolic OH excluding ortho intramolecular Hbond substituents is 1. The van der Waals surface area contributed by atoms with Gasteiger partial charge in [0.05, 0.1) is 7.11 Å². The molecule has 116 valence electrons. The minimum absolute atomic E-state index is 0.216. The number of aromatic hydroxyl groups is 1. The van der Waals surface area contributed by atoms with E-state index in [1.54, 1.807) is 13.2 Å². The van der Waals surface area contributed by atoms with Gasteiger partial charge in [0.25, 0.3) is 0 Å². The molecule has 1 unspecified atom stereocenters. The van der Waals surface area contributed by atoms with Gasteiger partial charge >= 0.3 is 0 Å². The zero-order valence-electron chi connectivity index (χ0n) is 12.9. The van der Waals surface area contributed by atoms with Crippen LogP contribution in [0.1, 0.15) is 31.2 Å². The first-order valence-corrected chi connectivity index (χ1v) is 8.00. The molecule has 1 atom stereocenters. The molecule has 4 heteroatoms. The van der Waals surface area contributed by atoms with Crippen molar-refractivity contribution in [2.75, 3.05) is 33.3 Å². The van der Waals surface area contributed by atoms with Gasteiger partial charge in [-0.05, 0) is 61.9 Å². The molecule has 3 rings (SSSR count). The third kappa shape index (κ3) is 3.33. The van der Waals surface area contributed by atoms with Gasteiger partial charge in [0.2, 0.25) is 0 Å². The van der Waals surface area contributed by atoms with Crippen molar-refractivity contribution in [2.24, 2.45) is 5.41 Å². The number of methoxy groups -OCH3 is 1. The Morgan fingerprint density at radius 1 is 1.33 bits per heavy atom. The molecular formula is C17H26N2O2. The molecule has 2 saturated heterocycles. The summed E-state index contributed by atoms with van der Waals surface area (Å²) < 4.78 is 5.21. The highest BCUT2D eigenvalue weighted by Gasteiger charge is 2.36. The first-order chi connectivity index (χ1) is 10.2. The lowest BCUT2D eigenvalue weighted by molar-refractivity contribution is 0.0600. The van der Waals surface area contributed by atoms with Crippen molar-refractivity contribution in [1.82, 2.24) is 10.2 Å². The van der Waals surface area contributed by atoms with Crippen molar-refractivity contribution in [3.63, 3.8) is 0 Å². The van der Waals surface area contributed by atoms with Crippen molar-refractivity contribution in [1.29, 1.82) is 0 Å². The maximum atomic E-state index is 9.69. The molecule has 1 aromatic carbocycles. The van der Waals surface area contributed by atoms with Crippen LogP contribution in [0.25, 0.3) is 0 Å². The number of likely N-dealkylation sites (tertiary alicyclic amines) is 1. The van der Waals surface area contributed by atoms with E-state index in [-0.39, 0.29) is 5.75 Å². The molecule has 1 spiro atoms. The molecule has 0 radical (unpaired) electrons. The third-order valence-corrected chi connectivity index (χ3v) is 4.95. The lowest BCUT2D eigenvalue weighted by atomic mass is 9.74. The fourth-order valence-electron chi connectivity index (χ4n) is 3.90. The SMILES string of the molecule is COc1cc(CN2CCCC3(CCCNC3)C2)ccc1O. The maximum absolute atomic E-state index is 9.69. The average molecular weight is 290 g/mol. The molecule has 0 aliphatic carbocycles. The van der Waals surface area contributed by atoms with Gasteiger partial charge in [-0.2, -0.15) is 0 Å². The summed E-state index contributed by atoms with van der Waals surface area (Å²) in [6, 6.07) is 5.68. The Hall–Kier alpha value is -1.26. The van der Waals surface area contributed by atoms with E-state index in [4.69, 9.17) is 4.74 Å². The van der Waals surface area contributed by atoms with Crippen LogP contribution in [0.4, 0.5) is 0 Å². The van der Waals surface area contributed by atoms with Crippen LogP contribution in [0.3, 0.4) is 0 Å². The second-order valence-corrected chi connectivity index (χ2v) is 6.60. The molecule has 1 aromatic rings. The Labute approximate surface area is 127 Å². The zero-order chi connectivity index (χ0) is 14.7. The van der Waals surface area contributed by atoms with Gasteiger partial charge in [0, 0.05) is 19.6 Å². The molecule has 0 bridgehead atoms. The quantitative estimate of drug-likeness (QED) is 0.897. The second kappa shape index (κ2) is 6.24. The normalized spacial score (nSPS) is 26.9. The molecular weight excluding hydrogens is 264 g/mol. The largest absolute Gasteiger partial charge is 0.504 e. The molecule has 2 heterocycles. The molecule has 2 fully saturated rings. The monoisotopic (exact) mass is 290 g/mol. The van der Waals surface area contributed by atoms with Gasteiger partial charge in [-0.25, -0.2) is 0 Å². The maximum Gasteiger partial charge on any atom is 0.160 e. The Morgan fingerprint density at radius 2 is 2.19 bits per heavy atom. The molecule has 0 amide bonds. The van der Waals surface area contributed by atoms with Gasteiger partial charge in [-0.3, -0.25) is 4.90 Å². The van der Waals surface area contributed by atoms with E-state index in [1.807, 2.05) is 12.1 Å². The summed E-state index contributed by atoms with van der Waals surface area (Å²) >= 11 is 0. The summed E-state index contributed by atoms with van der Waals surface area (Å²) in [7, 11) is 1.60. The molecule has 4 nitrogen and oxygen atoms in total. The van der Waals surface area contributed by atoms with Crippen LogP contribution >= 0.6 is 0 Å². The Morgan fingerprint density at radius 3 is 2.95 bits per heavy atom. The van der Waals surface area contributed by atoms with Gasteiger partial charge in [-0.1, -0.05) is 6.07 Å². The summed E-state index contributed by atoms with van der Waals surface area (Å²) in [6.07, 6.45) is 5.31. The minimum Gasteiger partial charge on any atom is -0.504 e. The molecule has 0 aromatic heterocycles. The second-order valence-electron chi connectivity index (χ2n) is 6.60. The molecule has 2 aliphatic heterocycles. The van der Waals surface area contributed by atoms with Crippen LogP contribution in [0, 0.1) is 5.41 Å². The highest BCUT2D eigenvalue weighted by atomic mass is 16.5. The highest BCUT2D eigenvalue weighted by Crippen LogP contribution is 2.36. The number of benzene rings is 1. The zero-order valence-corrected chi connectivity index (χ0v) is 12.9. The summed E-state index contributed by atoms with van der Waals surface area (Å²) in [6.45, 7) is 5.64. The van der Waals surface area contributed by atoms with Crippen LogP contribution in [0.5, 0.6) is 11.5 Å². The van der Waals surface area contributed by atoms with E-state index in [9.17, 15) is 5.11 Å². The Bertz CT molecular complexity index is 478. The smallest absolute Gasteiger partial charge is 0.160 e. The first kappa shape index (κ1) is 14.7. The number of hydrogen-bond acceptors (Lipinski definition) is 4. The van der Waals surface area contributed by atoms with E-state index >= 15 is 0 Å². The van der Waals surface area contributed by atoms with Crippen molar-refractivity contribution < 1.29 is 9.84 Å². The van der Waals surface area contributed by atoms with Gasteiger partial charge < -0.3 is 15.2 Å². The Kier molecular flexibility index (Phi) is 4.36. The van der Waals surface area contributed by atoms with Crippen molar-refractivity contribution in [3.8, 4) is 11.5 Å². The van der Waals surface area contributed by atoms with Crippen LogP contribution in [-0.2, 0) is 6.54 Å². The average Bonchev–Trinajstić information content (AvgIpc) is 2.50. The topological polar surface area (TPSA) is 44.7 Å². The lowest BCUT2D eigenvalue weighted by Gasteiger charge is -2.45. The number of phenols is 1. The van der Waals surface area contributed by atoms with E-state index < -0.39 is 0 Å². The van der Waals surface area contributed by atoms with E-state index in [0.717, 1.165) is 6.54 Å². The number of nitrogens with one attached hydrogen (secondary N) is 1. The fraction of sp³-hybridized carbons (Fsp3) is 0.647. The predicted octanol–water partition coefficient (Wildman–Crippen LogP) is 2.37. The predicted molar refractivity (Wildman–Crippen MR) is 83.7 cm³/mol. The summed E-state index contributed by atoms with van der Waals surface area (Å²) in [5.41, 5.74) is 1.70. The van der Waals surface area contributed by atoms with Crippen LogP contribution < -0.4 is 10.1 Å². The number of piperidine rings is 2. The number of ether oxygens (including phenoxy) is 1. The summed E-state index contributed by atoms with van der Waals surface area (Å²) in [4.78, 5) is 2.56. The van der Waals surface area contributed by atoms with Crippen molar-refractivity contribution >= 4 is 0 Å². The fourth-order valence-corrected chi connectivity index (χ4v) is 3.90. The van der Waals surface area contributed by atoms with Gasteiger partial charge in [-0.15, -0.1) is 0 Å².